The minimum atomic E-state index is -3.67. The number of hydrogen-bond acceptors (Lipinski definition) is 3. The van der Waals surface area contributed by atoms with Crippen molar-refractivity contribution < 1.29 is 8.42 Å². The van der Waals surface area contributed by atoms with E-state index >= 15 is 0 Å². The van der Waals surface area contributed by atoms with E-state index in [4.69, 9.17) is 0 Å². The van der Waals surface area contributed by atoms with Gasteiger partial charge >= 0.3 is 5.69 Å². The summed E-state index contributed by atoms with van der Waals surface area (Å²) in [5, 5.41) is 0. The van der Waals surface area contributed by atoms with E-state index in [9.17, 15) is 13.2 Å². The van der Waals surface area contributed by atoms with Crippen molar-refractivity contribution in [1.82, 2.24) is 8.96 Å². The van der Waals surface area contributed by atoms with Gasteiger partial charge in [-0.25, -0.2) is 13.2 Å². The van der Waals surface area contributed by atoms with Gasteiger partial charge in [-0.15, -0.1) is 6.58 Å². The third-order valence-electron chi connectivity index (χ3n) is 2.16. The van der Waals surface area contributed by atoms with Crippen molar-refractivity contribution in [2.45, 2.75) is 0 Å². The summed E-state index contributed by atoms with van der Waals surface area (Å²) in [6.07, 6.45) is 1.25. The highest BCUT2D eigenvalue weighted by molar-refractivity contribution is 7.90. The molecule has 16 heavy (non-hydrogen) atoms. The highest BCUT2D eigenvalue weighted by atomic mass is 32.2. The Morgan fingerprint density at radius 3 is 2.75 bits per heavy atom. The molecule has 6 heteroatoms. The SMILES string of the molecule is C=CCS(=O)(=O)n1c(=O)[nH]c2ccccc21. The second kappa shape index (κ2) is 3.64. The van der Waals surface area contributed by atoms with Crippen LogP contribution in [0.3, 0.4) is 0 Å². The first-order valence-corrected chi connectivity index (χ1v) is 6.21. The summed E-state index contributed by atoms with van der Waals surface area (Å²) in [4.78, 5) is 14.0. The first-order chi connectivity index (χ1) is 7.56. The average Bonchev–Trinajstić information content (AvgIpc) is 2.53. The van der Waals surface area contributed by atoms with Crippen LogP contribution in [0.25, 0.3) is 11.0 Å². The molecular weight excluding hydrogens is 228 g/mol. The second-order valence-corrected chi connectivity index (χ2v) is 5.14. The van der Waals surface area contributed by atoms with Crippen LogP contribution in [0.2, 0.25) is 0 Å². The molecule has 0 saturated carbocycles. The number of para-hydroxylation sites is 2. The van der Waals surface area contributed by atoms with Crippen molar-refractivity contribution in [1.29, 1.82) is 0 Å². The fourth-order valence-electron chi connectivity index (χ4n) is 1.53. The molecule has 0 amide bonds. The zero-order valence-corrected chi connectivity index (χ0v) is 9.20. The third kappa shape index (κ3) is 1.57. The lowest BCUT2D eigenvalue weighted by molar-refractivity contribution is 0.590. The van der Waals surface area contributed by atoms with E-state index in [0.717, 1.165) is 3.97 Å². The summed E-state index contributed by atoms with van der Waals surface area (Å²) >= 11 is 0. The van der Waals surface area contributed by atoms with Crippen molar-refractivity contribution in [3.8, 4) is 0 Å². The van der Waals surface area contributed by atoms with Gasteiger partial charge in [-0.1, -0.05) is 18.2 Å². The molecule has 2 rings (SSSR count). The van der Waals surface area contributed by atoms with Gasteiger partial charge in [0.1, 0.15) is 0 Å². The van der Waals surface area contributed by atoms with E-state index in [1.807, 2.05) is 0 Å². The van der Waals surface area contributed by atoms with Gasteiger partial charge in [0.25, 0.3) is 0 Å². The fraction of sp³-hybridized carbons (Fsp3) is 0.100. The molecule has 1 N–H and O–H groups in total. The van der Waals surface area contributed by atoms with Crippen LogP contribution in [0.4, 0.5) is 0 Å². The van der Waals surface area contributed by atoms with E-state index in [-0.39, 0.29) is 5.75 Å². The number of rotatable bonds is 3. The molecule has 0 aliphatic rings. The topological polar surface area (TPSA) is 71.9 Å². The maximum absolute atomic E-state index is 11.8. The summed E-state index contributed by atoms with van der Waals surface area (Å²) in [5.74, 6) is -0.269. The predicted octanol–water partition coefficient (Wildman–Crippen LogP) is 0.693. The van der Waals surface area contributed by atoms with Crippen LogP contribution >= 0.6 is 0 Å². The molecule has 5 nitrogen and oxygen atoms in total. The number of benzene rings is 1. The van der Waals surface area contributed by atoms with Crippen LogP contribution in [-0.2, 0) is 10.0 Å². The number of nitrogens with zero attached hydrogens (tertiary/aromatic N) is 1. The minimum Gasteiger partial charge on any atom is -0.305 e. The van der Waals surface area contributed by atoms with Crippen molar-refractivity contribution in [2.24, 2.45) is 0 Å². The molecule has 1 aromatic heterocycles. The summed E-state index contributed by atoms with van der Waals surface area (Å²) < 4.78 is 24.4. The lowest BCUT2D eigenvalue weighted by atomic mass is 10.3. The molecule has 0 aliphatic carbocycles. The zero-order valence-electron chi connectivity index (χ0n) is 8.38. The molecule has 2 aromatic rings. The van der Waals surface area contributed by atoms with Gasteiger partial charge in [0, 0.05) is 0 Å². The number of nitrogens with one attached hydrogen (secondary N) is 1. The molecule has 1 aromatic carbocycles. The van der Waals surface area contributed by atoms with E-state index in [0.29, 0.717) is 11.0 Å². The fourth-order valence-corrected chi connectivity index (χ4v) is 2.74. The molecule has 0 unspecified atom stereocenters. The monoisotopic (exact) mass is 238 g/mol. The van der Waals surface area contributed by atoms with Crippen molar-refractivity contribution in [3.05, 3.63) is 47.4 Å². The standard InChI is InChI=1S/C10H10N2O3S/c1-2-7-16(14,15)12-9-6-4-3-5-8(9)11-10(12)13/h2-6H,1,7H2,(H,11,13). The van der Waals surface area contributed by atoms with Crippen LogP contribution in [-0.4, -0.2) is 23.1 Å². The van der Waals surface area contributed by atoms with Crippen molar-refractivity contribution in [2.75, 3.05) is 5.75 Å². The summed E-state index contributed by atoms with van der Waals surface area (Å²) in [5.41, 5.74) is 0.206. The highest BCUT2D eigenvalue weighted by Gasteiger charge is 2.17. The van der Waals surface area contributed by atoms with E-state index in [1.165, 1.54) is 6.08 Å². The summed E-state index contributed by atoms with van der Waals surface area (Å²) in [6.45, 7) is 3.36. The second-order valence-electron chi connectivity index (χ2n) is 3.28. The van der Waals surface area contributed by atoms with Crippen LogP contribution in [0.5, 0.6) is 0 Å². The van der Waals surface area contributed by atoms with E-state index in [1.54, 1.807) is 24.3 Å². The van der Waals surface area contributed by atoms with Crippen LogP contribution in [0.1, 0.15) is 0 Å². The first-order valence-electron chi connectivity index (χ1n) is 4.60. The molecule has 0 fully saturated rings. The number of aromatic nitrogens is 2. The molecular formula is C10H10N2O3S. The highest BCUT2D eigenvalue weighted by Crippen LogP contribution is 2.11. The van der Waals surface area contributed by atoms with Gasteiger partial charge in [0.2, 0.25) is 10.0 Å². The van der Waals surface area contributed by atoms with Gasteiger partial charge in [-0.05, 0) is 12.1 Å². The third-order valence-corrected chi connectivity index (χ3v) is 3.73. The summed E-state index contributed by atoms with van der Waals surface area (Å²) in [7, 11) is -3.67. The normalized spacial score (nSPS) is 11.8. The first kappa shape index (κ1) is 10.7. The molecule has 84 valence electrons. The van der Waals surface area contributed by atoms with Crippen LogP contribution in [0, 0.1) is 0 Å². The number of aromatic amines is 1. The van der Waals surface area contributed by atoms with Gasteiger partial charge in [-0.2, -0.15) is 3.97 Å². The maximum Gasteiger partial charge on any atom is 0.340 e. The minimum absolute atomic E-state index is 0.269. The lowest BCUT2D eigenvalue weighted by Crippen LogP contribution is -2.26. The molecule has 0 radical (unpaired) electrons. The zero-order chi connectivity index (χ0) is 11.8. The Morgan fingerprint density at radius 1 is 1.38 bits per heavy atom. The Bertz CT molecular complexity index is 694. The Hall–Kier alpha value is -1.82. The number of fused-ring (bicyclic) bond motifs is 1. The van der Waals surface area contributed by atoms with Crippen LogP contribution in [0.15, 0.2) is 41.7 Å². The van der Waals surface area contributed by atoms with E-state index in [2.05, 4.69) is 11.6 Å². The van der Waals surface area contributed by atoms with Gasteiger partial charge < -0.3 is 4.98 Å². The Labute approximate surface area is 92.1 Å². The van der Waals surface area contributed by atoms with Gasteiger partial charge in [0.05, 0.1) is 16.8 Å². The van der Waals surface area contributed by atoms with Crippen LogP contribution < -0.4 is 5.69 Å². The molecule has 0 saturated heterocycles. The quantitative estimate of drug-likeness (QED) is 0.800. The van der Waals surface area contributed by atoms with Gasteiger partial charge in [0.15, 0.2) is 0 Å². The number of hydrogen-bond donors (Lipinski definition) is 1. The molecule has 0 atom stereocenters. The lowest BCUT2D eigenvalue weighted by Gasteiger charge is -2.01. The maximum atomic E-state index is 11.8. The smallest absolute Gasteiger partial charge is 0.305 e. The Morgan fingerprint density at radius 2 is 2.06 bits per heavy atom. The Balaban J connectivity index is 2.83. The largest absolute Gasteiger partial charge is 0.340 e. The molecule has 0 bridgehead atoms. The summed E-state index contributed by atoms with van der Waals surface area (Å²) in [6, 6.07) is 6.63. The Kier molecular flexibility index (Phi) is 2.43. The predicted molar refractivity (Wildman–Crippen MR) is 61.9 cm³/mol. The van der Waals surface area contributed by atoms with Crippen molar-refractivity contribution >= 4 is 21.1 Å². The average molecular weight is 238 g/mol. The van der Waals surface area contributed by atoms with Gasteiger partial charge in [-0.3, -0.25) is 0 Å². The molecule has 0 aliphatic heterocycles. The van der Waals surface area contributed by atoms with Crippen molar-refractivity contribution in [3.63, 3.8) is 0 Å². The molecule has 1 heterocycles. The number of imidazole rings is 1. The van der Waals surface area contributed by atoms with E-state index < -0.39 is 15.7 Å². The number of H-pyrrole nitrogens is 1. The molecule has 0 spiro atoms.